The number of furan rings is 1. The summed E-state index contributed by atoms with van der Waals surface area (Å²) >= 11 is 11.9. The van der Waals surface area contributed by atoms with Crippen LogP contribution in [0.3, 0.4) is 0 Å². The maximum atomic E-state index is 12.5. The molecule has 106 valence electrons. The summed E-state index contributed by atoms with van der Waals surface area (Å²) in [5, 5.41) is 1.60. The average Bonchev–Trinajstić information content (AvgIpc) is 2.89. The lowest BCUT2D eigenvalue weighted by molar-refractivity contribution is 0.101. The first-order chi connectivity index (χ1) is 10.1. The molecule has 0 aliphatic rings. The van der Waals surface area contributed by atoms with Crippen molar-refractivity contribution < 1.29 is 13.9 Å². The highest BCUT2D eigenvalue weighted by Crippen LogP contribution is 2.28. The SMILES string of the molecule is COc1ccc2cc(C(=O)c3ccc(Cl)cc3Cl)oc2c1. The van der Waals surface area contributed by atoms with Crippen molar-refractivity contribution in [3.8, 4) is 5.75 Å². The van der Waals surface area contributed by atoms with E-state index < -0.39 is 0 Å². The molecule has 0 spiro atoms. The third kappa shape index (κ3) is 2.62. The highest BCUT2D eigenvalue weighted by molar-refractivity contribution is 6.37. The predicted octanol–water partition coefficient (Wildman–Crippen LogP) is 4.98. The minimum absolute atomic E-state index is 0.225. The summed E-state index contributed by atoms with van der Waals surface area (Å²) in [6.07, 6.45) is 0. The summed E-state index contributed by atoms with van der Waals surface area (Å²) in [6, 6.07) is 11.8. The van der Waals surface area contributed by atoms with Crippen LogP contribution < -0.4 is 4.74 Å². The Morgan fingerprint density at radius 2 is 1.90 bits per heavy atom. The molecule has 0 unspecified atom stereocenters. The Bertz CT molecular complexity index is 837. The molecule has 0 saturated heterocycles. The van der Waals surface area contributed by atoms with Gasteiger partial charge in [0.05, 0.1) is 12.1 Å². The van der Waals surface area contributed by atoms with E-state index in [1.54, 1.807) is 37.4 Å². The summed E-state index contributed by atoms with van der Waals surface area (Å²) in [5.41, 5.74) is 0.940. The van der Waals surface area contributed by atoms with Gasteiger partial charge in [0, 0.05) is 22.0 Å². The molecule has 0 amide bonds. The Kier molecular flexibility index (Phi) is 3.62. The van der Waals surface area contributed by atoms with E-state index in [0.717, 1.165) is 5.39 Å². The van der Waals surface area contributed by atoms with E-state index in [1.165, 1.54) is 6.07 Å². The molecule has 1 heterocycles. The lowest BCUT2D eigenvalue weighted by Gasteiger charge is -2.01. The van der Waals surface area contributed by atoms with Crippen molar-refractivity contribution in [2.75, 3.05) is 7.11 Å². The first-order valence-electron chi connectivity index (χ1n) is 6.16. The van der Waals surface area contributed by atoms with E-state index in [9.17, 15) is 4.79 Å². The van der Waals surface area contributed by atoms with Gasteiger partial charge in [-0.2, -0.15) is 0 Å². The van der Waals surface area contributed by atoms with Gasteiger partial charge in [-0.25, -0.2) is 0 Å². The molecule has 2 aromatic carbocycles. The van der Waals surface area contributed by atoms with E-state index in [4.69, 9.17) is 32.4 Å². The van der Waals surface area contributed by atoms with Crippen LogP contribution in [0.4, 0.5) is 0 Å². The molecule has 5 heteroatoms. The topological polar surface area (TPSA) is 39.4 Å². The maximum Gasteiger partial charge on any atom is 0.229 e. The molecule has 0 atom stereocenters. The second-order valence-corrected chi connectivity index (χ2v) is 5.31. The Labute approximate surface area is 131 Å². The van der Waals surface area contributed by atoms with Crippen molar-refractivity contribution >= 4 is 40.0 Å². The molecule has 0 bridgehead atoms. The molecule has 0 N–H and O–H groups in total. The monoisotopic (exact) mass is 320 g/mol. The van der Waals surface area contributed by atoms with Gasteiger partial charge in [-0.15, -0.1) is 0 Å². The number of fused-ring (bicyclic) bond motifs is 1. The van der Waals surface area contributed by atoms with Gasteiger partial charge in [0.15, 0.2) is 5.76 Å². The average molecular weight is 321 g/mol. The maximum absolute atomic E-state index is 12.5. The molecule has 0 radical (unpaired) electrons. The minimum Gasteiger partial charge on any atom is -0.497 e. The van der Waals surface area contributed by atoms with E-state index >= 15 is 0 Å². The lowest BCUT2D eigenvalue weighted by Crippen LogP contribution is -2.00. The molecule has 0 saturated carbocycles. The molecule has 0 aliphatic carbocycles. The van der Waals surface area contributed by atoms with Crippen LogP contribution in [0.15, 0.2) is 46.9 Å². The van der Waals surface area contributed by atoms with Gasteiger partial charge in [-0.3, -0.25) is 4.79 Å². The smallest absolute Gasteiger partial charge is 0.229 e. The number of rotatable bonds is 3. The second kappa shape index (κ2) is 5.43. The van der Waals surface area contributed by atoms with Gasteiger partial charge in [0.2, 0.25) is 5.78 Å². The van der Waals surface area contributed by atoms with Crippen LogP contribution in [0.2, 0.25) is 10.0 Å². The van der Waals surface area contributed by atoms with Crippen LogP contribution >= 0.6 is 23.2 Å². The normalized spacial score (nSPS) is 10.8. The Morgan fingerprint density at radius 1 is 1.10 bits per heavy atom. The summed E-state index contributed by atoms with van der Waals surface area (Å²) in [6.45, 7) is 0. The molecule has 0 aliphatic heterocycles. The molecular weight excluding hydrogens is 311 g/mol. The number of ketones is 1. The van der Waals surface area contributed by atoms with Crippen molar-refractivity contribution in [1.82, 2.24) is 0 Å². The Hall–Kier alpha value is -1.97. The number of halogens is 2. The van der Waals surface area contributed by atoms with Crippen LogP contribution in [0.5, 0.6) is 5.75 Å². The van der Waals surface area contributed by atoms with Crippen LogP contribution in [-0.4, -0.2) is 12.9 Å². The number of ether oxygens (including phenoxy) is 1. The summed E-state index contributed by atoms with van der Waals surface area (Å²) in [7, 11) is 1.57. The number of hydrogen-bond donors (Lipinski definition) is 0. The molecule has 1 aromatic heterocycles. The lowest BCUT2D eigenvalue weighted by atomic mass is 10.1. The van der Waals surface area contributed by atoms with Crippen LogP contribution in [-0.2, 0) is 0 Å². The molecular formula is C16H10Cl2O3. The van der Waals surface area contributed by atoms with Crippen molar-refractivity contribution in [3.63, 3.8) is 0 Å². The van der Waals surface area contributed by atoms with Gasteiger partial charge in [-0.1, -0.05) is 23.2 Å². The molecule has 0 fully saturated rings. The second-order valence-electron chi connectivity index (χ2n) is 4.47. The largest absolute Gasteiger partial charge is 0.497 e. The first kappa shape index (κ1) is 14.0. The van der Waals surface area contributed by atoms with Crippen LogP contribution in [0.1, 0.15) is 16.1 Å². The van der Waals surface area contributed by atoms with E-state index in [1.807, 2.05) is 6.07 Å². The Balaban J connectivity index is 2.05. The zero-order chi connectivity index (χ0) is 15.0. The highest BCUT2D eigenvalue weighted by Gasteiger charge is 2.17. The summed E-state index contributed by atoms with van der Waals surface area (Å²) in [5.74, 6) is 0.606. The van der Waals surface area contributed by atoms with Gasteiger partial charge in [0.25, 0.3) is 0 Å². The molecule has 21 heavy (non-hydrogen) atoms. The quantitative estimate of drug-likeness (QED) is 0.639. The number of methoxy groups -OCH3 is 1. The zero-order valence-corrected chi connectivity index (χ0v) is 12.5. The van der Waals surface area contributed by atoms with E-state index in [2.05, 4.69) is 0 Å². The molecule has 3 nitrogen and oxygen atoms in total. The third-order valence-electron chi connectivity index (χ3n) is 3.13. The minimum atomic E-state index is -0.285. The number of benzene rings is 2. The van der Waals surface area contributed by atoms with E-state index in [-0.39, 0.29) is 11.5 Å². The molecule has 3 aromatic rings. The summed E-state index contributed by atoms with van der Waals surface area (Å²) < 4.78 is 10.7. The van der Waals surface area contributed by atoms with Crippen molar-refractivity contribution in [2.45, 2.75) is 0 Å². The fraction of sp³-hybridized carbons (Fsp3) is 0.0625. The van der Waals surface area contributed by atoms with Crippen molar-refractivity contribution in [3.05, 3.63) is 63.8 Å². The standard InChI is InChI=1S/C16H10Cl2O3/c1-20-11-4-2-9-6-15(21-14(9)8-11)16(19)12-5-3-10(17)7-13(12)18/h2-8H,1H3. The van der Waals surface area contributed by atoms with Gasteiger partial charge in [-0.05, 0) is 36.4 Å². The van der Waals surface area contributed by atoms with Crippen LogP contribution in [0, 0.1) is 0 Å². The van der Waals surface area contributed by atoms with Gasteiger partial charge < -0.3 is 9.15 Å². The first-order valence-corrected chi connectivity index (χ1v) is 6.91. The van der Waals surface area contributed by atoms with E-state index in [0.29, 0.717) is 26.9 Å². The third-order valence-corrected chi connectivity index (χ3v) is 3.67. The fourth-order valence-corrected chi connectivity index (χ4v) is 2.55. The van der Waals surface area contributed by atoms with Gasteiger partial charge in [0.1, 0.15) is 11.3 Å². The number of hydrogen-bond acceptors (Lipinski definition) is 3. The molecule has 3 rings (SSSR count). The summed E-state index contributed by atoms with van der Waals surface area (Å²) in [4.78, 5) is 12.5. The number of carbonyl (C=O) groups is 1. The van der Waals surface area contributed by atoms with Crippen molar-refractivity contribution in [2.24, 2.45) is 0 Å². The van der Waals surface area contributed by atoms with Gasteiger partial charge >= 0.3 is 0 Å². The number of carbonyl (C=O) groups excluding carboxylic acids is 1. The zero-order valence-electron chi connectivity index (χ0n) is 11.0. The van der Waals surface area contributed by atoms with Crippen molar-refractivity contribution in [1.29, 1.82) is 0 Å². The highest BCUT2D eigenvalue weighted by atomic mass is 35.5. The van der Waals surface area contributed by atoms with Crippen LogP contribution in [0.25, 0.3) is 11.0 Å². The Morgan fingerprint density at radius 3 is 2.62 bits per heavy atom. The predicted molar refractivity (Wildman–Crippen MR) is 82.7 cm³/mol. The fourth-order valence-electron chi connectivity index (χ4n) is 2.06.